The van der Waals surface area contributed by atoms with Crippen LogP contribution in [0.1, 0.15) is 38.2 Å². The van der Waals surface area contributed by atoms with Crippen LogP contribution in [-0.2, 0) is 11.0 Å². The molecule has 0 unspecified atom stereocenters. The van der Waals surface area contributed by atoms with Crippen molar-refractivity contribution in [3.8, 4) is 5.75 Å². The molecule has 1 N–H and O–H groups in total. The summed E-state index contributed by atoms with van der Waals surface area (Å²) in [6.07, 6.45) is 0.250. The highest BCUT2D eigenvalue weighted by Gasteiger charge is 2.37. The Labute approximate surface area is 133 Å². The monoisotopic (exact) mass is 327 g/mol. The summed E-state index contributed by atoms with van der Waals surface area (Å²) in [6.45, 7) is 5.24. The Morgan fingerprint density at radius 2 is 2.04 bits per heavy atom. The van der Waals surface area contributed by atoms with Crippen molar-refractivity contribution in [3.05, 3.63) is 36.4 Å². The third-order valence-electron chi connectivity index (χ3n) is 4.15. The van der Waals surface area contributed by atoms with E-state index in [4.69, 9.17) is 4.74 Å². The Morgan fingerprint density at radius 1 is 1.39 bits per heavy atom. The van der Waals surface area contributed by atoms with Crippen LogP contribution in [0, 0.1) is 5.41 Å². The van der Waals surface area contributed by atoms with Crippen molar-refractivity contribution in [3.63, 3.8) is 0 Å². The quantitative estimate of drug-likeness (QED) is 0.790. The Kier molecular flexibility index (Phi) is 5.02. The average Bonchev–Trinajstić information content (AvgIpc) is 2.93. The maximum Gasteiger partial charge on any atom is 0.420 e. The third kappa shape index (κ3) is 4.06. The van der Waals surface area contributed by atoms with E-state index < -0.39 is 17.2 Å². The zero-order valence-electron chi connectivity index (χ0n) is 13.0. The van der Waals surface area contributed by atoms with E-state index in [0.29, 0.717) is 0 Å². The van der Waals surface area contributed by atoms with Crippen LogP contribution in [-0.4, -0.2) is 12.5 Å². The molecule has 0 aliphatic heterocycles. The van der Waals surface area contributed by atoms with E-state index in [1.54, 1.807) is 0 Å². The molecule has 2 rings (SSSR count). The second-order valence-electron chi connectivity index (χ2n) is 6.03. The Bertz CT molecular complexity index is 590. The van der Waals surface area contributed by atoms with Gasteiger partial charge in [-0.15, -0.1) is 0 Å². The summed E-state index contributed by atoms with van der Waals surface area (Å²) >= 11 is 0. The van der Waals surface area contributed by atoms with Gasteiger partial charge in [0.05, 0.1) is 5.56 Å². The summed E-state index contributed by atoms with van der Waals surface area (Å²) < 4.78 is 44.5. The predicted octanol–water partition coefficient (Wildman–Crippen LogP) is 4.79. The molecule has 0 aromatic heterocycles. The van der Waals surface area contributed by atoms with Crippen LogP contribution in [0.25, 0.3) is 0 Å². The van der Waals surface area contributed by atoms with Gasteiger partial charge in [-0.2, -0.15) is 13.2 Å². The average molecular weight is 327 g/mol. The standard InChI is InChI=1S/C17H20F3NO2/c1-3-10-23-14-7-6-12(11-13(14)17(18,19)20)21-15(22)16(2)8-4-5-9-16/h3,6-7,11H,1,4-5,8-10H2,2H3,(H,21,22). The van der Waals surface area contributed by atoms with Gasteiger partial charge in [-0.3, -0.25) is 4.79 Å². The summed E-state index contributed by atoms with van der Waals surface area (Å²) in [5.41, 5.74) is -1.29. The van der Waals surface area contributed by atoms with Crippen molar-refractivity contribution in [2.45, 2.75) is 38.8 Å². The largest absolute Gasteiger partial charge is 0.489 e. The minimum absolute atomic E-state index is 0.0210. The second kappa shape index (κ2) is 6.64. The molecule has 0 heterocycles. The van der Waals surface area contributed by atoms with Gasteiger partial charge in [0.25, 0.3) is 0 Å². The molecule has 3 nitrogen and oxygen atoms in total. The van der Waals surface area contributed by atoms with E-state index in [-0.39, 0.29) is 24.0 Å². The summed E-state index contributed by atoms with van der Waals surface area (Å²) in [7, 11) is 0. The van der Waals surface area contributed by atoms with Gasteiger partial charge in [0, 0.05) is 11.1 Å². The maximum atomic E-state index is 13.2. The molecule has 1 aliphatic carbocycles. The zero-order chi connectivity index (χ0) is 17.1. The zero-order valence-corrected chi connectivity index (χ0v) is 13.0. The van der Waals surface area contributed by atoms with Gasteiger partial charge in [-0.1, -0.05) is 32.4 Å². The predicted molar refractivity (Wildman–Crippen MR) is 82.3 cm³/mol. The lowest BCUT2D eigenvalue weighted by molar-refractivity contribution is -0.138. The molecular weight excluding hydrogens is 307 g/mol. The van der Waals surface area contributed by atoms with Crippen molar-refractivity contribution < 1.29 is 22.7 Å². The first kappa shape index (κ1) is 17.4. The first-order valence-electron chi connectivity index (χ1n) is 7.53. The highest BCUT2D eigenvalue weighted by Crippen LogP contribution is 2.40. The molecule has 0 bridgehead atoms. The molecule has 1 fully saturated rings. The second-order valence-corrected chi connectivity index (χ2v) is 6.03. The van der Waals surface area contributed by atoms with Crippen molar-refractivity contribution in [2.24, 2.45) is 5.41 Å². The van der Waals surface area contributed by atoms with Crippen molar-refractivity contribution in [1.82, 2.24) is 0 Å². The van der Waals surface area contributed by atoms with Crippen LogP contribution >= 0.6 is 0 Å². The lowest BCUT2D eigenvalue weighted by Gasteiger charge is -2.23. The molecule has 1 aromatic rings. The number of rotatable bonds is 5. The van der Waals surface area contributed by atoms with Crippen molar-refractivity contribution in [1.29, 1.82) is 0 Å². The molecule has 1 aromatic carbocycles. The van der Waals surface area contributed by atoms with E-state index in [9.17, 15) is 18.0 Å². The van der Waals surface area contributed by atoms with E-state index in [0.717, 1.165) is 31.7 Å². The minimum atomic E-state index is -4.56. The van der Waals surface area contributed by atoms with Crippen LogP contribution in [0.5, 0.6) is 5.75 Å². The molecular formula is C17H20F3NO2. The fourth-order valence-corrected chi connectivity index (χ4v) is 2.77. The maximum absolute atomic E-state index is 13.2. The number of carbonyl (C=O) groups excluding carboxylic acids is 1. The van der Waals surface area contributed by atoms with E-state index in [1.165, 1.54) is 18.2 Å². The first-order chi connectivity index (χ1) is 10.8. The van der Waals surface area contributed by atoms with Gasteiger partial charge in [0.1, 0.15) is 12.4 Å². The number of hydrogen-bond acceptors (Lipinski definition) is 2. The number of amides is 1. The molecule has 0 radical (unpaired) electrons. The topological polar surface area (TPSA) is 38.3 Å². The fourth-order valence-electron chi connectivity index (χ4n) is 2.77. The van der Waals surface area contributed by atoms with Gasteiger partial charge >= 0.3 is 6.18 Å². The molecule has 6 heteroatoms. The van der Waals surface area contributed by atoms with Crippen molar-refractivity contribution in [2.75, 3.05) is 11.9 Å². The fraction of sp³-hybridized carbons (Fsp3) is 0.471. The smallest absolute Gasteiger partial charge is 0.420 e. The number of benzene rings is 1. The number of hydrogen-bond donors (Lipinski definition) is 1. The minimum Gasteiger partial charge on any atom is -0.489 e. The Balaban J connectivity index is 2.23. The van der Waals surface area contributed by atoms with Gasteiger partial charge < -0.3 is 10.1 Å². The molecule has 0 spiro atoms. The highest BCUT2D eigenvalue weighted by atomic mass is 19.4. The molecule has 1 amide bonds. The number of carbonyl (C=O) groups is 1. The van der Waals surface area contributed by atoms with Crippen LogP contribution in [0.15, 0.2) is 30.9 Å². The normalized spacial score (nSPS) is 16.9. The number of halogens is 3. The van der Waals surface area contributed by atoms with E-state index >= 15 is 0 Å². The molecule has 0 saturated heterocycles. The molecule has 126 valence electrons. The lowest BCUT2D eigenvalue weighted by Crippen LogP contribution is -2.30. The summed E-state index contributed by atoms with van der Waals surface area (Å²) in [4.78, 5) is 12.3. The summed E-state index contributed by atoms with van der Waals surface area (Å²) in [6, 6.07) is 3.55. The summed E-state index contributed by atoms with van der Waals surface area (Å²) in [5.74, 6) is -0.509. The third-order valence-corrected chi connectivity index (χ3v) is 4.15. The number of ether oxygens (including phenoxy) is 1. The lowest BCUT2D eigenvalue weighted by atomic mass is 9.88. The number of alkyl halides is 3. The Morgan fingerprint density at radius 3 is 2.61 bits per heavy atom. The van der Waals surface area contributed by atoms with Crippen LogP contribution in [0.2, 0.25) is 0 Å². The molecule has 0 atom stereocenters. The van der Waals surface area contributed by atoms with Gasteiger partial charge in [-0.05, 0) is 31.0 Å². The van der Waals surface area contributed by atoms with Crippen LogP contribution < -0.4 is 10.1 Å². The first-order valence-corrected chi connectivity index (χ1v) is 7.53. The molecule has 23 heavy (non-hydrogen) atoms. The molecule has 1 aliphatic rings. The van der Waals surface area contributed by atoms with E-state index in [2.05, 4.69) is 11.9 Å². The highest BCUT2D eigenvalue weighted by molar-refractivity contribution is 5.95. The Hall–Kier alpha value is -1.98. The number of anilines is 1. The van der Waals surface area contributed by atoms with Gasteiger partial charge in [-0.25, -0.2) is 0 Å². The molecule has 1 saturated carbocycles. The van der Waals surface area contributed by atoms with Gasteiger partial charge in [0.2, 0.25) is 5.91 Å². The van der Waals surface area contributed by atoms with Gasteiger partial charge in [0.15, 0.2) is 0 Å². The SMILES string of the molecule is C=CCOc1ccc(NC(=O)C2(C)CCCC2)cc1C(F)(F)F. The van der Waals surface area contributed by atoms with Crippen molar-refractivity contribution >= 4 is 11.6 Å². The van der Waals surface area contributed by atoms with E-state index in [1.807, 2.05) is 6.92 Å². The number of nitrogens with one attached hydrogen (secondary N) is 1. The summed E-state index contributed by atoms with van der Waals surface area (Å²) in [5, 5.41) is 2.61. The van der Waals surface area contributed by atoms with Crippen LogP contribution in [0.3, 0.4) is 0 Å². The van der Waals surface area contributed by atoms with Crippen LogP contribution in [0.4, 0.5) is 18.9 Å².